The van der Waals surface area contributed by atoms with Crippen LogP contribution in [0.4, 0.5) is 9.80 Å². The molecule has 0 unspecified atom stereocenters. The first kappa shape index (κ1) is 17.2. The Morgan fingerprint density at radius 3 is 2.50 bits per heavy atom. The van der Waals surface area contributed by atoms with Crippen molar-refractivity contribution in [3.63, 3.8) is 0 Å². The van der Waals surface area contributed by atoms with Gasteiger partial charge in [-0.25, -0.2) is 4.79 Å². The maximum Gasteiger partial charge on any atom is 0.319 e. The lowest BCUT2D eigenvalue weighted by Gasteiger charge is -2.07. The summed E-state index contributed by atoms with van der Waals surface area (Å²) in [4.78, 5) is 36.7. The highest BCUT2D eigenvalue weighted by molar-refractivity contribution is 7.20. The molecule has 4 amide bonds. The molecule has 0 saturated heterocycles. The number of thiophene rings is 2. The quantitative estimate of drug-likeness (QED) is 0.728. The summed E-state index contributed by atoms with van der Waals surface area (Å²) in [5, 5.41) is 5.13. The average Bonchev–Trinajstić information content (AvgIpc) is 3.11. The number of carbonyl (C=O) groups is 3. The Morgan fingerprint density at radius 1 is 1.12 bits per heavy atom. The number of rotatable bonds is 3. The second-order valence-electron chi connectivity index (χ2n) is 5.07. The van der Waals surface area contributed by atoms with Crippen molar-refractivity contribution in [2.45, 2.75) is 19.3 Å². The predicted molar refractivity (Wildman–Crippen MR) is 95.7 cm³/mol. The van der Waals surface area contributed by atoms with Gasteiger partial charge >= 0.3 is 6.03 Å². The van der Waals surface area contributed by atoms with Gasteiger partial charge in [-0.15, -0.1) is 22.7 Å². The number of anilines is 1. The Hall–Kier alpha value is -1.61. The van der Waals surface area contributed by atoms with E-state index >= 15 is 0 Å². The number of nitrogens with two attached hydrogens (primary N) is 1. The zero-order valence-electron chi connectivity index (χ0n) is 12.1. The van der Waals surface area contributed by atoms with E-state index < -0.39 is 17.8 Å². The van der Waals surface area contributed by atoms with Crippen molar-refractivity contribution in [1.29, 1.82) is 0 Å². The SMILES string of the molecule is NC(=O)NC(=O)c1c(NC(=O)c2cc(Cl)sc2Cl)sc2c1CCC2. The van der Waals surface area contributed by atoms with Crippen LogP contribution >= 0.6 is 45.9 Å². The van der Waals surface area contributed by atoms with Crippen molar-refractivity contribution in [2.75, 3.05) is 5.32 Å². The van der Waals surface area contributed by atoms with Crippen LogP contribution in [-0.4, -0.2) is 17.8 Å². The van der Waals surface area contributed by atoms with E-state index in [1.165, 1.54) is 17.4 Å². The van der Waals surface area contributed by atoms with Crippen LogP contribution in [-0.2, 0) is 12.8 Å². The zero-order valence-corrected chi connectivity index (χ0v) is 15.2. The van der Waals surface area contributed by atoms with Gasteiger partial charge in [0.1, 0.15) is 9.34 Å². The topological polar surface area (TPSA) is 101 Å². The molecule has 6 nitrogen and oxygen atoms in total. The van der Waals surface area contributed by atoms with Crippen LogP contribution in [0.5, 0.6) is 0 Å². The van der Waals surface area contributed by atoms with Gasteiger partial charge in [0.15, 0.2) is 0 Å². The molecule has 0 aliphatic heterocycles. The van der Waals surface area contributed by atoms with E-state index in [1.54, 1.807) is 0 Å². The van der Waals surface area contributed by atoms with Crippen LogP contribution < -0.4 is 16.4 Å². The first-order chi connectivity index (χ1) is 11.4. The van der Waals surface area contributed by atoms with E-state index in [-0.39, 0.29) is 15.5 Å². The molecule has 1 aliphatic rings. The highest BCUT2D eigenvalue weighted by Gasteiger charge is 2.28. The summed E-state index contributed by atoms with van der Waals surface area (Å²) in [6.45, 7) is 0. The van der Waals surface area contributed by atoms with Gasteiger partial charge < -0.3 is 11.1 Å². The minimum atomic E-state index is -0.942. The largest absolute Gasteiger partial charge is 0.351 e. The lowest BCUT2D eigenvalue weighted by Crippen LogP contribution is -2.35. The van der Waals surface area contributed by atoms with Crippen LogP contribution in [0.1, 0.15) is 37.6 Å². The van der Waals surface area contributed by atoms with Crippen molar-refractivity contribution in [2.24, 2.45) is 5.73 Å². The van der Waals surface area contributed by atoms with E-state index in [0.29, 0.717) is 15.8 Å². The predicted octanol–water partition coefficient (Wildman–Crippen LogP) is 3.67. The Morgan fingerprint density at radius 2 is 1.88 bits per heavy atom. The van der Waals surface area contributed by atoms with Gasteiger partial charge in [-0.1, -0.05) is 23.2 Å². The summed E-state index contributed by atoms with van der Waals surface area (Å²) in [7, 11) is 0. The number of fused-ring (bicyclic) bond motifs is 1. The highest BCUT2D eigenvalue weighted by atomic mass is 35.5. The third kappa shape index (κ3) is 3.27. The summed E-state index contributed by atoms with van der Waals surface area (Å²) < 4.78 is 0.662. The number of hydrogen-bond acceptors (Lipinski definition) is 5. The average molecular weight is 404 g/mol. The number of aryl methyl sites for hydroxylation is 1. The first-order valence-corrected chi connectivity index (χ1v) is 9.27. The van der Waals surface area contributed by atoms with Crippen LogP contribution in [0.3, 0.4) is 0 Å². The molecule has 0 radical (unpaired) electrons. The van der Waals surface area contributed by atoms with Gasteiger partial charge in [-0.2, -0.15) is 0 Å². The van der Waals surface area contributed by atoms with Crippen LogP contribution in [0.15, 0.2) is 6.07 Å². The van der Waals surface area contributed by atoms with Gasteiger partial charge in [0.2, 0.25) is 0 Å². The van der Waals surface area contributed by atoms with Crippen LogP contribution in [0.25, 0.3) is 0 Å². The summed E-state index contributed by atoms with van der Waals surface area (Å²) in [5.41, 5.74) is 6.40. The fraction of sp³-hybridized carbons (Fsp3) is 0.214. The third-order valence-corrected chi connectivity index (χ3v) is 6.21. The molecule has 10 heteroatoms. The second kappa shape index (κ2) is 6.72. The lowest BCUT2D eigenvalue weighted by atomic mass is 10.1. The monoisotopic (exact) mass is 403 g/mol. The minimum Gasteiger partial charge on any atom is -0.351 e. The molecule has 0 saturated carbocycles. The number of urea groups is 1. The third-order valence-electron chi connectivity index (χ3n) is 3.51. The molecule has 2 aromatic heterocycles. The number of halogens is 2. The molecule has 0 aromatic carbocycles. The summed E-state index contributed by atoms with van der Waals surface area (Å²) in [5.74, 6) is -1.08. The van der Waals surface area contributed by atoms with Gasteiger partial charge in [0, 0.05) is 4.88 Å². The Kier molecular flexibility index (Phi) is 4.82. The standard InChI is InChI=1S/C14H11Cl2N3O3S2/c15-8-4-6(10(16)24-8)11(20)18-13-9(12(21)19-14(17)22)5-2-1-3-7(5)23-13/h4H,1-3H2,(H,18,20)(H3,17,19,21,22). The molecule has 2 aromatic rings. The van der Waals surface area contributed by atoms with Crippen molar-refractivity contribution >= 4 is 68.7 Å². The highest BCUT2D eigenvalue weighted by Crippen LogP contribution is 2.40. The van der Waals surface area contributed by atoms with Crippen molar-refractivity contribution in [3.8, 4) is 0 Å². The number of imide groups is 1. The number of primary amides is 1. The van der Waals surface area contributed by atoms with Crippen molar-refractivity contribution in [1.82, 2.24) is 5.32 Å². The number of hydrogen-bond donors (Lipinski definition) is 3. The molecule has 0 bridgehead atoms. The van der Waals surface area contributed by atoms with E-state index in [2.05, 4.69) is 10.6 Å². The molecule has 24 heavy (non-hydrogen) atoms. The lowest BCUT2D eigenvalue weighted by molar-refractivity contribution is 0.0966. The molecule has 126 valence electrons. The summed E-state index contributed by atoms with van der Waals surface area (Å²) in [6, 6.07) is 0.525. The van der Waals surface area contributed by atoms with Crippen molar-refractivity contribution < 1.29 is 14.4 Å². The molecule has 2 heterocycles. The van der Waals surface area contributed by atoms with E-state index in [1.807, 2.05) is 0 Å². The molecular weight excluding hydrogens is 393 g/mol. The number of carbonyl (C=O) groups excluding carboxylic acids is 3. The Labute approximate surface area is 154 Å². The van der Waals surface area contributed by atoms with E-state index in [4.69, 9.17) is 28.9 Å². The minimum absolute atomic E-state index is 0.237. The second-order valence-corrected chi connectivity index (χ2v) is 8.46. The van der Waals surface area contributed by atoms with Crippen molar-refractivity contribution in [3.05, 3.63) is 36.3 Å². The molecule has 0 atom stereocenters. The maximum atomic E-state index is 12.4. The zero-order chi connectivity index (χ0) is 17.4. The molecule has 0 fully saturated rings. The molecule has 3 rings (SSSR count). The Balaban J connectivity index is 1.93. The van der Waals surface area contributed by atoms with Crippen LogP contribution in [0.2, 0.25) is 8.67 Å². The van der Waals surface area contributed by atoms with Gasteiger partial charge in [0.05, 0.1) is 15.5 Å². The number of amides is 4. The maximum absolute atomic E-state index is 12.4. The van der Waals surface area contributed by atoms with Crippen LogP contribution in [0, 0.1) is 0 Å². The van der Waals surface area contributed by atoms with Gasteiger partial charge in [-0.05, 0) is 30.9 Å². The Bertz CT molecular complexity index is 860. The summed E-state index contributed by atoms with van der Waals surface area (Å²) in [6.07, 6.45) is 2.48. The van der Waals surface area contributed by atoms with Gasteiger partial charge in [0.25, 0.3) is 11.8 Å². The fourth-order valence-electron chi connectivity index (χ4n) is 2.57. The first-order valence-electron chi connectivity index (χ1n) is 6.88. The normalized spacial score (nSPS) is 12.8. The summed E-state index contributed by atoms with van der Waals surface area (Å²) >= 11 is 14.2. The molecule has 1 aliphatic carbocycles. The fourth-order valence-corrected chi connectivity index (χ4v) is 5.31. The number of nitrogens with one attached hydrogen (secondary N) is 2. The molecular formula is C14H11Cl2N3O3S2. The molecule has 4 N–H and O–H groups in total. The van der Waals surface area contributed by atoms with E-state index in [9.17, 15) is 14.4 Å². The van der Waals surface area contributed by atoms with E-state index in [0.717, 1.165) is 34.6 Å². The van der Waals surface area contributed by atoms with Gasteiger partial charge in [-0.3, -0.25) is 14.9 Å². The smallest absolute Gasteiger partial charge is 0.319 e. The molecule has 0 spiro atoms.